The molecule has 2 aromatic rings. The van der Waals surface area contributed by atoms with Gasteiger partial charge in [-0.05, 0) is 28.7 Å². The Kier molecular flexibility index (Phi) is 5.49. The van der Waals surface area contributed by atoms with Crippen molar-refractivity contribution in [2.45, 2.75) is 26.1 Å². The third-order valence-corrected chi connectivity index (χ3v) is 4.50. The van der Waals surface area contributed by atoms with Crippen LogP contribution in [0.3, 0.4) is 0 Å². The van der Waals surface area contributed by atoms with Crippen LogP contribution < -0.4 is 5.32 Å². The van der Waals surface area contributed by atoms with Gasteiger partial charge in [-0.25, -0.2) is 0 Å². The highest BCUT2D eigenvalue weighted by Crippen LogP contribution is 2.18. The lowest BCUT2D eigenvalue weighted by Gasteiger charge is -2.31. The van der Waals surface area contributed by atoms with Crippen molar-refractivity contribution in [3.8, 4) is 0 Å². The van der Waals surface area contributed by atoms with Gasteiger partial charge in [0.15, 0.2) is 5.96 Å². The van der Waals surface area contributed by atoms with Gasteiger partial charge in [0.25, 0.3) is 0 Å². The maximum atomic E-state index is 5.29. The van der Waals surface area contributed by atoms with Gasteiger partial charge in [-0.15, -0.1) is 0 Å². The summed E-state index contributed by atoms with van der Waals surface area (Å²) in [6.07, 6.45) is 1.07. The quantitative estimate of drug-likeness (QED) is 0.694. The smallest absolute Gasteiger partial charge is 0.194 e. The molecule has 4 nitrogen and oxygen atoms in total. The van der Waals surface area contributed by atoms with E-state index in [1.54, 1.807) is 7.11 Å². The van der Waals surface area contributed by atoms with Crippen LogP contribution >= 0.6 is 0 Å². The lowest BCUT2D eigenvalue weighted by Crippen LogP contribution is -2.43. The molecule has 0 fully saturated rings. The van der Waals surface area contributed by atoms with Crippen molar-refractivity contribution in [2.75, 3.05) is 20.7 Å². The maximum absolute atomic E-state index is 5.29. The number of rotatable bonds is 4. The molecule has 0 spiro atoms. The van der Waals surface area contributed by atoms with Gasteiger partial charge in [0.2, 0.25) is 0 Å². The maximum Gasteiger partial charge on any atom is 0.194 e. The first-order valence-electron chi connectivity index (χ1n) is 8.40. The highest BCUT2D eigenvalue weighted by molar-refractivity contribution is 5.80. The van der Waals surface area contributed by atoms with E-state index >= 15 is 0 Å². The number of hydrogen-bond acceptors (Lipinski definition) is 2. The number of benzene rings is 2. The number of fused-ring (bicyclic) bond motifs is 1. The number of nitrogens with one attached hydrogen (secondary N) is 1. The average molecular weight is 323 g/mol. The summed E-state index contributed by atoms with van der Waals surface area (Å²) in [5.74, 6) is 0.955. The summed E-state index contributed by atoms with van der Waals surface area (Å²) < 4.78 is 5.29. The molecule has 2 aromatic carbocycles. The number of methoxy groups -OCH3 is 1. The van der Waals surface area contributed by atoms with Gasteiger partial charge in [-0.3, -0.25) is 4.99 Å². The zero-order valence-corrected chi connectivity index (χ0v) is 14.5. The summed E-state index contributed by atoms with van der Waals surface area (Å²) in [4.78, 5) is 6.80. The van der Waals surface area contributed by atoms with E-state index in [1.165, 1.54) is 22.3 Å². The van der Waals surface area contributed by atoms with Gasteiger partial charge >= 0.3 is 0 Å². The molecule has 0 bridgehead atoms. The minimum absolute atomic E-state index is 0.632. The molecule has 126 valence electrons. The molecule has 3 rings (SSSR count). The Hall–Kier alpha value is -2.33. The van der Waals surface area contributed by atoms with Gasteiger partial charge in [0, 0.05) is 33.8 Å². The van der Waals surface area contributed by atoms with Gasteiger partial charge in [0.1, 0.15) is 0 Å². The van der Waals surface area contributed by atoms with Crippen LogP contribution in [0, 0.1) is 0 Å². The van der Waals surface area contributed by atoms with Crippen molar-refractivity contribution < 1.29 is 4.74 Å². The zero-order chi connectivity index (χ0) is 16.8. The molecule has 24 heavy (non-hydrogen) atoms. The summed E-state index contributed by atoms with van der Waals surface area (Å²) in [5.41, 5.74) is 5.31. The fraction of sp³-hybridized carbons (Fsp3) is 0.350. The molecular formula is C20H25N3O. The Labute approximate surface area is 144 Å². The van der Waals surface area contributed by atoms with Crippen LogP contribution in [0.15, 0.2) is 53.5 Å². The number of ether oxygens (including phenoxy) is 1. The Morgan fingerprint density at radius 1 is 1.08 bits per heavy atom. The third-order valence-electron chi connectivity index (χ3n) is 4.50. The lowest BCUT2D eigenvalue weighted by atomic mass is 10.0. The molecule has 1 aliphatic rings. The second kappa shape index (κ2) is 7.97. The third kappa shape index (κ3) is 3.77. The van der Waals surface area contributed by atoms with Crippen LogP contribution in [0.4, 0.5) is 0 Å². The van der Waals surface area contributed by atoms with Gasteiger partial charge < -0.3 is 15.0 Å². The van der Waals surface area contributed by atoms with E-state index in [4.69, 9.17) is 4.74 Å². The number of aliphatic imine (C=N–C) groups is 1. The highest BCUT2D eigenvalue weighted by Gasteiger charge is 2.18. The van der Waals surface area contributed by atoms with Gasteiger partial charge in [-0.1, -0.05) is 48.5 Å². The standard InChI is InChI=1S/C20H25N3O/c1-21-20(22-13-17-8-4-6-10-19(17)15-24-2)23-12-11-16-7-3-5-9-18(16)14-23/h3-10H,11-15H2,1-2H3,(H,21,22). The molecule has 0 saturated carbocycles. The molecule has 0 radical (unpaired) electrons. The first kappa shape index (κ1) is 16.5. The molecule has 0 unspecified atom stereocenters. The van der Waals surface area contributed by atoms with E-state index in [1.807, 2.05) is 13.1 Å². The van der Waals surface area contributed by atoms with E-state index in [-0.39, 0.29) is 0 Å². The lowest BCUT2D eigenvalue weighted by molar-refractivity contribution is 0.184. The fourth-order valence-electron chi connectivity index (χ4n) is 3.21. The first-order valence-corrected chi connectivity index (χ1v) is 8.40. The predicted octanol–water partition coefficient (Wildman–Crippen LogP) is 2.97. The van der Waals surface area contributed by atoms with Gasteiger partial charge in [-0.2, -0.15) is 0 Å². The summed E-state index contributed by atoms with van der Waals surface area (Å²) in [6, 6.07) is 17.0. The molecule has 1 heterocycles. The van der Waals surface area contributed by atoms with E-state index < -0.39 is 0 Å². The van der Waals surface area contributed by atoms with Crippen molar-refractivity contribution in [2.24, 2.45) is 4.99 Å². The normalized spacial score (nSPS) is 14.4. The highest BCUT2D eigenvalue weighted by atomic mass is 16.5. The van der Waals surface area contributed by atoms with Crippen molar-refractivity contribution >= 4 is 5.96 Å². The van der Waals surface area contributed by atoms with Crippen molar-refractivity contribution in [3.63, 3.8) is 0 Å². The monoisotopic (exact) mass is 323 g/mol. The van der Waals surface area contributed by atoms with Crippen molar-refractivity contribution in [3.05, 3.63) is 70.8 Å². The van der Waals surface area contributed by atoms with Crippen LogP contribution in [0.25, 0.3) is 0 Å². The minimum atomic E-state index is 0.632. The molecule has 1 aliphatic heterocycles. The molecule has 4 heteroatoms. The van der Waals surface area contributed by atoms with Crippen LogP contribution in [0.5, 0.6) is 0 Å². The Balaban J connectivity index is 1.66. The summed E-state index contributed by atoms with van der Waals surface area (Å²) in [5, 5.41) is 3.51. The largest absolute Gasteiger partial charge is 0.380 e. The Bertz CT molecular complexity index is 712. The van der Waals surface area contributed by atoms with E-state index in [2.05, 4.69) is 57.7 Å². The predicted molar refractivity (Wildman–Crippen MR) is 97.9 cm³/mol. The van der Waals surface area contributed by atoms with Crippen LogP contribution in [0.1, 0.15) is 22.3 Å². The Morgan fingerprint density at radius 3 is 2.54 bits per heavy atom. The SMILES string of the molecule is CN=C(NCc1ccccc1COC)N1CCc2ccccc2C1. The molecule has 0 atom stereocenters. The number of hydrogen-bond donors (Lipinski definition) is 1. The number of nitrogens with zero attached hydrogens (tertiary/aromatic N) is 2. The summed E-state index contributed by atoms with van der Waals surface area (Å²) >= 11 is 0. The summed E-state index contributed by atoms with van der Waals surface area (Å²) in [7, 11) is 3.58. The molecule has 0 saturated heterocycles. The second-order valence-electron chi connectivity index (χ2n) is 6.04. The first-order chi connectivity index (χ1) is 11.8. The van der Waals surface area contributed by atoms with E-state index in [0.717, 1.165) is 32.0 Å². The van der Waals surface area contributed by atoms with E-state index in [0.29, 0.717) is 6.61 Å². The van der Waals surface area contributed by atoms with Gasteiger partial charge in [0.05, 0.1) is 6.61 Å². The van der Waals surface area contributed by atoms with Crippen molar-refractivity contribution in [1.29, 1.82) is 0 Å². The topological polar surface area (TPSA) is 36.9 Å². The second-order valence-corrected chi connectivity index (χ2v) is 6.04. The zero-order valence-electron chi connectivity index (χ0n) is 14.5. The van der Waals surface area contributed by atoms with Crippen LogP contribution in [-0.4, -0.2) is 31.6 Å². The minimum Gasteiger partial charge on any atom is -0.380 e. The Morgan fingerprint density at radius 2 is 1.79 bits per heavy atom. The van der Waals surface area contributed by atoms with Crippen molar-refractivity contribution in [1.82, 2.24) is 10.2 Å². The van der Waals surface area contributed by atoms with Crippen LogP contribution in [0.2, 0.25) is 0 Å². The molecule has 0 aliphatic carbocycles. The fourth-order valence-corrected chi connectivity index (χ4v) is 3.21. The summed E-state index contributed by atoms with van der Waals surface area (Å²) in [6.45, 7) is 3.30. The number of guanidine groups is 1. The molecular weight excluding hydrogens is 298 g/mol. The van der Waals surface area contributed by atoms with E-state index in [9.17, 15) is 0 Å². The molecule has 1 N–H and O–H groups in total. The average Bonchev–Trinajstić information content (AvgIpc) is 2.63. The molecule has 0 aromatic heterocycles. The van der Waals surface area contributed by atoms with Crippen LogP contribution in [-0.2, 0) is 30.9 Å². The molecule has 0 amide bonds.